The highest BCUT2D eigenvalue weighted by molar-refractivity contribution is 6.21. The van der Waals surface area contributed by atoms with Crippen LogP contribution < -0.4 is 0 Å². The molecule has 7 heteroatoms. The summed E-state index contributed by atoms with van der Waals surface area (Å²) in [4.78, 5) is 15.6. The van der Waals surface area contributed by atoms with Crippen LogP contribution in [-0.4, -0.2) is 39.1 Å². The van der Waals surface area contributed by atoms with Crippen molar-refractivity contribution in [3.63, 3.8) is 0 Å². The van der Waals surface area contributed by atoms with Crippen LogP contribution in [0.25, 0.3) is 10.4 Å². The van der Waals surface area contributed by atoms with E-state index in [4.69, 9.17) is 21.9 Å². The molecule has 0 radical (unpaired) electrons. The van der Waals surface area contributed by atoms with Gasteiger partial charge < -0.3 is 9.84 Å². The Labute approximate surface area is 160 Å². The second kappa shape index (κ2) is 6.66. The molecule has 6 nitrogen and oxygen atoms in total. The second-order valence-corrected chi connectivity index (χ2v) is 9.89. The minimum Gasteiger partial charge on any atom is -0.390 e. The summed E-state index contributed by atoms with van der Waals surface area (Å²) in [7, 11) is 0. The summed E-state index contributed by atoms with van der Waals surface area (Å²) in [5.41, 5.74) is 7.09. The van der Waals surface area contributed by atoms with Crippen LogP contribution in [0.3, 0.4) is 0 Å². The number of carbonyl (C=O) groups excluding carboxylic acids is 1. The Morgan fingerprint density at radius 2 is 1.92 bits per heavy atom. The molecule has 0 aromatic rings. The molecule has 0 amide bonds. The number of carbonyl (C=O) groups is 1. The fraction of sp³-hybridized carbons (Fsp3) is 0.947. The largest absolute Gasteiger partial charge is 0.390 e. The smallest absolute Gasteiger partial charge is 0.136 e. The molecule has 26 heavy (non-hydrogen) atoms. The van der Waals surface area contributed by atoms with Gasteiger partial charge in [0.25, 0.3) is 0 Å². The molecule has 0 unspecified atom stereocenters. The molecule has 2 aliphatic carbocycles. The fourth-order valence-electron chi connectivity index (χ4n) is 5.68. The maximum Gasteiger partial charge on any atom is 0.136 e. The van der Waals surface area contributed by atoms with Gasteiger partial charge in [-0.3, -0.25) is 4.79 Å². The lowest BCUT2D eigenvalue weighted by Gasteiger charge is -2.57. The quantitative estimate of drug-likeness (QED) is 0.331. The molecule has 0 bridgehead atoms. The van der Waals surface area contributed by atoms with Crippen LogP contribution in [0.1, 0.15) is 66.2 Å². The minimum atomic E-state index is -1.10. The summed E-state index contributed by atoms with van der Waals surface area (Å²) in [6, 6.07) is -0.613. The van der Waals surface area contributed by atoms with Gasteiger partial charge in [0.15, 0.2) is 0 Å². The predicted molar refractivity (Wildman–Crippen MR) is 99.9 cm³/mol. The number of ketones is 1. The van der Waals surface area contributed by atoms with Crippen LogP contribution in [0, 0.1) is 17.8 Å². The van der Waals surface area contributed by atoms with E-state index in [2.05, 4.69) is 16.9 Å². The van der Waals surface area contributed by atoms with E-state index in [0.29, 0.717) is 25.7 Å². The Morgan fingerprint density at radius 3 is 2.54 bits per heavy atom. The van der Waals surface area contributed by atoms with E-state index in [-0.39, 0.29) is 28.9 Å². The van der Waals surface area contributed by atoms with E-state index in [0.717, 1.165) is 12.8 Å². The molecule has 1 aliphatic heterocycles. The van der Waals surface area contributed by atoms with Crippen molar-refractivity contribution in [2.24, 2.45) is 22.9 Å². The minimum absolute atomic E-state index is 0.0518. The lowest BCUT2D eigenvalue weighted by atomic mass is 9.55. The van der Waals surface area contributed by atoms with Crippen LogP contribution in [0.2, 0.25) is 0 Å². The molecule has 0 aromatic heterocycles. The van der Waals surface area contributed by atoms with Gasteiger partial charge in [-0.25, -0.2) is 0 Å². The zero-order valence-corrected chi connectivity index (χ0v) is 16.9. The van der Waals surface area contributed by atoms with Gasteiger partial charge in [-0.05, 0) is 77.2 Å². The van der Waals surface area contributed by atoms with Gasteiger partial charge in [-0.1, -0.05) is 5.11 Å². The molecule has 1 saturated heterocycles. The lowest BCUT2D eigenvalue weighted by molar-refractivity contribution is -0.214. The zero-order valence-electron chi connectivity index (χ0n) is 16.1. The number of hydrogen-bond acceptors (Lipinski definition) is 4. The van der Waals surface area contributed by atoms with Gasteiger partial charge in [0.2, 0.25) is 0 Å². The number of ether oxygens (including phenoxy) is 1. The van der Waals surface area contributed by atoms with Crippen LogP contribution in [0.5, 0.6) is 0 Å². The Kier molecular flexibility index (Phi) is 5.11. The third kappa shape index (κ3) is 3.26. The molecule has 1 N–H and O–H groups in total. The first kappa shape index (κ1) is 19.9. The number of alkyl halides is 1. The Hall–Kier alpha value is -0.810. The van der Waals surface area contributed by atoms with Crippen molar-refractivity contribution in [1.82, 2.24) is 0 Å². The van der Waals surface area contributed by atoms with Crippen molar-refractivity contribution in [1.29, 1.82) is 0 Å². The monoisotopic (exact) mass is 383 g/mol. The maximum atomic E-state index is 12.6. The van der Waals surface area contributed by atoms with Crippen LogP contribution in [-0.2, 0) is 9.53 Å². The fourth-order valence-corrected chi connectivity index (χ4v) is 5.84. The SMILES string of the molecule is CC1(C)O[C@@](C)([C@H]2CCC(=O)[C@H]3CC[C@@](C)(O)[C@H](N=[N+]=[N-])[C@@H]32)CC[C@@H]1Cl. The van der Waals surface area contributed by atoms with Crippen LogP contribution in [0.15, 0.2) is 5.11 Å². The van der Waals surface area contributed by atoms with Crippen molar-refractivity contribution in [2.45, 2.75) is 94.4 Å². The van der Waals surface area contributed by atoms with Gasteiger partial charge in [-0.2, -0.15) is 0 Å². The third-order valence-corrected chi connectivity index (χ3v) is 7.86. The highest BCUT2D eigenvalue weighted by Gasteiger charge is 2.58. The summed E-state index contributed by atoms with van der Waals surface area (Å²) < 4.78 is 6.53. The molecule has 146 valence electrons. The highest BCUT2D eigenvalue weighted by Crippen LogP contribution is 2.54. The van der Waals surface area contributed by atoms with Crippen LogP contribution in [0.4, 0.5) is 0 Å². The average Bonchev–Trinajstić information content (AvgIpc) is 2.54. The van der Waals surface area contributed by atoms with Crippen molar-refractivity contribution >= 4 is 17.4 Å². The standard InChI is InChI=1S/C19H30ClN3O3/c1-17(2)14(20)8-10-19(4,26-17)12-5-6-13(24)11-7-9-18(3,25)16(15(11)12)22-23-21/h11-12,14-16,25H,5-10H2,1-4H3/t11-,12+,14+,15+,16-,18-,19-/m1/s1. The second-order valence-electron chi connectivity index (χ2n) is 9.37. The Bertz CT molecular complexity index is 632. The molecule has 1 heterocycles. The third-order valence-electron chi connectivity index (χ3n) is 7.11. The number of Topliss-reactive ketones (excluding diaryl/α,β-unsaturated/α-hetero) is 1. The first-order valence-electron chi connectivity index (χ1n) is 9.65. The summed E-state index contributed by atoms with van der Waals surface area (Å²) >= 11 is 6.47. The van der Waals surface area contributed by atoms with E-state index in [1.54, 1.807) is 6.92 Å². The number of nitrogens with zero attached hydrogens (tertiary/aromatic N) is 3. The summed E-state index contributed by atoms with van der Waals surface area (Å²) in [6.07, 6.45) is 3.99. The van der Waals surface area contributed by atoms with Gasteiger partial charge in [0, 0.05) is 17.3 Å². The predicted octanol–water partition coefficient (Wildman–Crippen LogP) is 4.38. The number of fused-ring (bicyclic) bond motifs is 1. The van der Waals surface area contributed by atoms with E-state index >= 15 is 0 Å². The van der Waals surface area contributed by atoms with E-state index in [9.17, 15) is 9.90 Å². The Balaban J connectivity index is 2.00. The normalized spacial score (nSPS) is 48.4. The molecular formula is C19H30ClN3O3. The van der Waals surface area contributed by atoms with Crippen molar-refractivity contribution in [3.8, 4) is 0 Å². The van der Waals surface area contributed by atoms with Crippen molar-refractivity contribution in [3.05, 3.63) is 10.4 Å². The van der Waals surface area contributed by atoms with Crippen molar-refractivity contribution < 1.29 is 14.6 Å². The Morgan fingerprint density at radius 1 is 1.23 bits per heavy atom. The summed E-state index contributed by atoms with van der Waals surface area (Å²) in [6.45, 7) is 7.85. The van der Waals surface area contributed by atoms with Gasteiger partial charge in [0.05, 0.1) is 28.2 Å². The topological polar surface area (TPSA) is 95.3 Å². The molecule has 0 spiro atoms. The number of rotatable bonds is 2. The average molecular weight is 384 g/mol. The van der Waals surface area contributed by atoms with Gasteiger partial charge in [-0.15, -0.1) is 11.6 Å². The van der Waals surface area contributed by atoms with Gasteiger partial charge >= 0.3 is 0 Å². The maximum absolute atomic E-state index is 12.6. The van der Waals surface area contributed by atoms with E-state index in [1.807, 2.05) is 13.8 Å². The molecule has 3 rings (SSSR count). The summed E-state index contributed by atoms with van der Waals surface area (Å²) in [5.74, 6) is -0.0741. The highest BCUT2D eigenvalue weighted by atomic mass is 35.5. The lowest BCUT2D eigenvalue weighted by Crippen LogP contribution is -2.62. The first-order valence-corrected chi connectivity index (χ1v) is 10.1. The molecule has 2 saturated carbocycles. The van der Waals surface area contributed by atoms with Crippen molar-refractivity contribution in [2.75, 3.05) is 0 Å². The zero-order chi connectivity index (χ0) is 19.3. The summed E-state index contributed by atoms with van der Waals surface area (Å²) in [5, 5.41) is 14.8. The number of halogens is 1. The van der Waals surface area contributed by atoms with E-state index in [1.165, 1.54) is 0 Å². The first-order chi connectivity index (χ1) is 12.0. The van der Waals surface area contributed by atoms with Crippen LogP contribution >= 0.6 is 11.6 Å². The number of azide groups is 1. The molecule has 3 fully saturated rings. The molecule has 0 aromatic carbocycles. The molecular weight excluding hydrogens is 354 g/mol. The van der Waals surface area contributed by atoms with E-state index < -0.39 is 22.8 Å². The van der Waals surface area contributed by atoms with Gasteiger partial charge in [0.1, 0.15) is 5.78 Å². The molecule has 7 atom stereocenters. The number of aliphatic hydroxyl groups is 1. The molecule has 3 aliphatic rings. The number of hydrogen-bond donors (Lipinski definition) is 1.